The first-order valence-corrected chi connectivity index (χ1v) is 14.6. The van der Waals surface area contributed by atoms with Gasteiger partial charge in [-0.2, -0.15) is 4.98 Å². The van der Waals surface area contributed by atoms with Gasteiger partial charge in [0, 0.05) is 38.9 Å². The standard InChI is InChI=1S/C28H41N9O7/c1-30-16-20(38)33-18(7-9-29)25(41)35-21-22(39)23(40)27(44-24(21)26(42)36-13-10-31-11-14-36)37-12-8-19(34-28(37)43)32-15-17-5-3-2-4-6-17/h2-6,8,12,18,21-24,27,30-31,39-40H,7,9-11,13-16,29H2,1H3,(H,33,38)(H,35,41)(H,32,34,43)/t18-,21+,22+,23-,24+,27-/m1/s1. The fraction of sp³-hybridized carbons (Fsp3) is 0.536. The highest BCUT2D eigenvalue weighted by molar-refractivity contribution is 5.89. The molecular formula is C28H41N9O7. The van der Waals surface area contributed by atoms with Gasteiger partial charge < -0.3 is 52.2 Å². The molecule has 0 saturated carbocycles. The van der Waals surface area contributed by atoms with Gasteiger partial charge in [-0.1, -0.05) is 30.3 Å². The van der Waals surface area contributed by atoms with Crippen LogP contribution in [0.5, 0.6) is 0 Å². The van der Waals surface area contributed by atoms with Crippen LogP contribution in [0.2, 0.25) is 0 Å². The number of amides is 3. The fourth-order valence-corrected chi connectivity index (χ4v) is 5.14. The highest BCUT2D eigenvalue weighted by Gasteiger charge is 2.50. The van der Waals surface area contributed by atoms with E-state index in [2.05, 4.69) is 31.6 Å². The summed E-state index contributed by atoms with van der Waals surface area (Å²) < 4.78 is 7.03. The molecule has 3 heterocycles. The van der Waals surface area contributed by atoms with E-state index >= 15 is 0 Å². The highest BCUT2D eigenvalue weighted by Crippen LogP contribution is 2.29. The molecule has 44 heavy (non-hydrogen) atoms. The van der Waals surface area contributed by atoms with Crippen LogP contribution in [0.25, 0.3) is 0 Å². The van der Waals surface area contributed by atoms with E-state index in [0.29, 0.717) is 32.7 Å². The number of nitrogens with two attached hydrogens (primary N) is 1. The lowest BCUT2D eigenvalue weighted by Crippen LogP contribution is -2.68. The van der Waals surface area contributed by atoms with Crippen LogP contribution in [0.4, 0.5) is 5.82 Å². The average Bonchev–Trinajstić information content (AvgIpc) is 3.03. The molecule has 240 valence electrons. The third-order valence-corrected chi connectivity index (χ3v) is 7.47. The van der Waals surface area contributed by atoms with Crippen molar-refractivity contribution in [2.45, 2.75) is 49.6 Å². The van der Waals surface area contributed by atoms with Gasteiger partial charge in [-0.15, -0.1) is 0 Å². The molecule has 1 aromatic heterocycles. The first-order chi connectivity index (χ1) is 21.2. The topological polar surface area (TPSA) is 225 Å². The van der Waals surface area contributed by atoms with E-state index in [4.69, 9.17) is 10.5 Å². The molecule has 3 amide bonds. The van der Waals surface area contributed by atoms with E-state index in [1.807, 2.05) is 30.3 Å². The molecule has 0 unspecified atom stereocenters. The molecule has 0 radical (unpaired) electrons. The van der Waals surface area contributed by atoms with Crippen molar-refractivity contribution in [1.29, 1.82) is 0 Å². The molecule has 2 aromatic rings. The van der Waals surface area contributed by atoms with Crippen molar-refractivity contribution in [3.63, 3.8) is 0 Å². The maximum absolute atomic E-state index is 13.7. The molecule has 4 rings (SSSR count). The number of carbonyl (C=O) groups excluding carboxylic acids is 3. The number of nitrogens with zero attached hydrogens (tertiary/aromatic N) is 3. The Morgan fingerprint density at radius 1 is 1.14 bits per heavy atom. The molecule has 6 atom stereocenters. The number of benzene rings is 1. The molecule has 0 bridgehead atoms. The van der Waals surface area contributed by atoms with Crippen LogP contribution in [0.1, 0.15) is 18.2 Å². The number of rotatable bonds is 12. The number of likely N-dealkylation sites (N-methyl/N-ethyl adjacent to an activating group) is 1. The molecule has 2 aliphatic heterocycles. The van der Waals surface area contributed by atoms with Gasteiger partial charge in [-0.25, -0.2) is 4.79 Å². The van der Waals surface area contributed by atoms with Crippen LogP contribution >= 0.6 is 0 Å². The summed E-state index contributed by atoms with van der Waals surface area (Å²) in [5.41, 5.74) is 5.85. The van der Waals surface area contributed by atoms with Crippen LogP contribution in [-0.4, -0.2) is 119 Å². The quantitative estimate of drug-likeness (QED) is 0.116. The normalized spacial score (nSPS) is 24.3. The first kappa shape index (κ1) is 33.0. The van der Waals surface area contributed by atoms with E-state index < -0.39 is 60.0 Å². The van der Waals surface area contributed by atoms with E-state index in [1.165, 1.54) is 17.2 Å². The second kappa shape index (κ2) is 15.7. The summed E-state index contributed by atoms with van der Waals surface area (Å²) in [7, 11) is 1.58. The van der Waals surface area contributed by atoms with Gasteiger partial charge in [0.05, 0.1) is 12.6 Å². The zero-order valence-electron chi connectivity index (χ0n) is 24.5. The zero-order chi connectivity index (χ0) is 31.6. The van der Waals surface area contributed by atoms with Gasteiger partial charge in [0.2, 0.25) is 11.8 Å². The third-order valence-electron chi connectivity index (χ3n) is 7.47. The Balaban J connectivity index is 1.56. The van der Waals surface area contributed by atoms with Gasteiger partial charge in [0.15, 0.2) is 12.3 Å². The van der Waals surface area contributed by atoms with Crippen molar-refractivity contribution in [2.75, 3.05) is 51.6 Å². The van der Waals surface area contributed by atoms with Gasteiger partial charge in [0.1, 0.15) is 24.1 Å². The Kier molecular flexibility index (Phi) is 11.8. The Morgan fingerprint density at radius 3 is 2.52 bits per heavy atom. The van der Waals surface area contributed by atoms with Crippen LogP contribution in [0.3, 0.4) is 0 Å². The van der Waals surface area contributed by atoms with Gasteiger partial charge in [-0.3, -0.25) is 19.0 Å². The number of aromatic nitrogens is 2. The Labute approximate surface area is 254 Å². The molecule has 1 aromatic carbocycles. The molecule has 16 nitrogen and oxygen atoms in total. The number of hydrogen-bond donors (Lipinski definition) is 8. The first-order valence-electron chi connectivity index (χ1n) is 14.6. The summed E-state index contributed by atoms with van der Waals surface area (Å²) in [6.07, 6.45) is -5.00. The molecular weight excluding hydrogens is 574 g/mol. The Bertz CT molecular complexity index is 1320. The molecule has 2 fully saturated rings. The van der Waals surface area contributed by atoms with Crippen LogP contribution in [0, 0.1) is 0 Å². The van der Waals surface area contributed by atoms with Crippen molar-refractivity contribution < 1.29 is 29.3 Å². The number of aliphatic hydroxyl groups is 2. The summed E-state index contributed by atoms with van der Waals surface area (Å²) in [5.74, 6) is -1.43. The number of piperazine rings is 1. The predicted octanol–water partition coefficient (Wildman–Crippen LogP) is -3.56. The summed E-state index contributed by atoms with van der Waals surface area (Å²) in [5, 5.41) is 36.4. The zero-order valence-corrected chi connectivity index (χ0v) is 24.5. The van der Waals surface area contributed by atoms with Crippen molar-refractivity contribution in [3.8, 4) is 0 Å². The molecule has 0 aliphatic carbocycles. The monoisotopic (exact) mass is 615 g/mol. The number of carbonyl (C=O) groups is 3. The molecule has 2 aliphatic rings. The molecule has 16 heteroatoms. The number of aliphatic hydroxyl groups excluding tert-OH is 2. The van der Waals surface area contributed by atoms with Gasteiger partial charge in [-0.05, 0) is 31.6 Å². The Morgan fingerprint density at radius 2 is 1.86 bits per heavy atom. The van der Waals surface area contributed by atoms with Crippen molar-refractivity contribution in [2.24, 2.45) is 5.73 Å². The van der Waals surface area contributed by atoms with Crippen molar-refractivity contribution >= 4 is 23.5 Å². The minimum atomic E-state index is -1.73. The SMILES string of the molecule is CNCC(=O)N[C@H](CCN)C(=O)N[C@H]1[C@H](O)[C@@H](O)[C@H](n2ccc(NCc3ccccc3)nc2=O)O[C@@H]1C(=O)N1CCNCC1. The lowest BCUT2D eigenvalue weighted by molar-refractivity contribution is -0.218. The minimum absolute atomic E-state index is 0.0443. The Hall–Kier alpha value is -3.93. The molecule has 2 saturated heterocycles. The predicted molar refractivity (Wildman–Crippen MR) is 159 cm³/mol. The van der Waals surface area contributed by atoms with E-state index in [-0.39, 0.29) is 25.3 Å². The summed E-state index contributed by atoms with van der Waals surface area (Å²) >= 11 is 0. The largest absolute Gasteiger partial charge is 0.388 e. The number of anilines is 1. The van der Waals surface area contributed by atoms with Crippen LogP contribution in [-0.2, 0) is 25.7 Å². The summed E-state index contributed by atoms with van der Waals surface area (Å²) in [6.45, 7) is 2.20. The minimum Gasteiger partial charge on any atom is -0.388 e. The van der Waals surface area contributed by atoms with Crippen molar-refractivity contribution in [1.82, 2.24) is 35.7 Å². The fourth-order valence-electron chi connectivity index (χ4n) is 5.14. The third kappa shape index (κ3) is 8.16. The van der Waals surface area contributed by atoms with E-state index in [1.54, 1.807) is 7.05 Å². The average molecular weight is 616 g/mol. The number of ether oxygens (including phenoxy) is 1. The second-order valence-corrected chi connectivity index (χ2v) is 10.6. The van der Waals surface area contributed by atoms with Crippen LogP contribution in [0.15, 0.2) is 47.4 Å². The van der Waals surface area contributed by atoms with E-state index in [9.17, 15) is 29.4 Å². The van der Waals surface area contributed by atoms with E-state index in [0.717, 1.165) is 10.1 Å². The lowest BCUT2D eigenvalue weighted by Gasteiger charge is -2.44. The lowest BCUT2D eigenvalue weighted by atomic mass is 9.93. The second-order valence-electron chi connectivity index (χ2n) is 10.6. The number of hydrogen-bond acceptors (Lipinski definition) is 12. The maximum Gasteiger partial charge on any atom is 0.351 e. The highest BCUT2D eigenvalue weighted by atomic mass is 16.5. The molecule has 0 spiro atoms. The van der Waals surface area contributed by atoms with Crippen molar-refractivity contribution in [3.05, 3.63) is 58.6 Å². The smallest absolute Gasteiger partial charge is 0.351 e. The molecule has 9 N–H and O–H groups in total. The maximum atomic E-state index is 13.7. The van der Waals surface area contributed by atoms with Crippen LogP contribution < -0.4 is 38.0 Å². The number of nitrogens with one attached hydrogen (secondary N) is 5. The summed E-state index contributed by atoms with van der Waals surface area (Å²) in [4.78, 5) is 57.8. The van der Waals surface area contributed by atoms with Gasteiger partial charge >= 0.3 is 5.69 Å². The van der Waals surface area contributed by atoms with Gasteiger partial charge in [0.25, 0.3) is 5.91 Å². The summed E-state index contributed by atoms with van der Waals surface area (Å²) in [6, 6.07) is 8.55.